The average molecular weight is 228 g/mol. The minimum Gasteiger partial charge on any atom is -0.329 e. The van der Waals surface area contributed by atoms with E-state index in [1.54, 1.807) is 0 Å². The summed E-state index contributed by atoms with van der Waals surface area (Å²) in [4.78, 5) is 2.36. The highest BCUT2D eigenvalue weighted by atomic mass is 15.5. The highest BCUT2D eigenvalue weighted by molar-refractivity contribution is 4.85. The molecule has 3 N–H and O–H groups in total. The van der Waals surface area contributed by atoms with Crippen LogP contribution in [-0.2, 0) is 0 Å². The van der Waals surface area contributed by atoms with Crippen LogP contribution in [0.15, 0.2) is 0 Å². The zero-order valence-electron chi connectivity index (χ0n) is 11.3. The van der Waals surface area contributed by atoms with Gasteiger partial charge in [0.2, 0.25) is 0 Å². The molecule has 0 aliphatic carbocycles. The van der Waals surface area contributed by atoms with Crippen LogP contribution in [0.5, 0.6) is 0 Å². The summed E-state index contributed by atoms with van der Waals surface area (Å²) >= 11 is 0. The Kier molecular flexibility index (Phi) is 5.18. The molecule has 0 aromatic heterocycles. The predicted octanol–water partition coefficient (Wildman–Crippen LogP) is 0.502. The Morgan fingerprint density at radius 2 is 1.81 bits per heavy atom. The largest absolute Gasteiger partial charge is 0.329 e. The molecular weight excluding hydrogens is 200 g/mol. The third-order valence-electron chi connectivity index (χ3n) is 3.24. The number of nitrogens with two attached hydrogens (primary N) is 1. The Bertz CT molecular complexity index is 199. The van der Waals surface area contributed by atoms with E-state index < -0.39 is 0 Å². The summed E-state index contributed by atoms with van der Waals surface area (Å²) in [5.41, 5.74) is 9.56. The molecule has 0 saturated carbocycles. The fraction of sp³-hybridized carbons (Fsp3) is 1.00. The van der Waals surface area contributed by atoms with Gasteiger partial charge in [-0.2, -0.15) is 0 Å². The molecule has 1 rings (SSSR count). The number of rotatable bonds is 5. The number of hydrazine groups is 1. The predicted molar refractivity (Wildman–Crippen MR) is 69.1 cm³/mol. The average Bonchev–Trinajstić information content (AvgIpc) is 2.20. The molecule has 4 nitrogen and oxygen atoms in total. The van der Waals surface area contributed by atoms with Gasteiger partial charge < -0.3 is 10.6 Å². The first-order valence-corrected chi connectivity index (χ1v) is 6.36. The van der Waals surface area contributed by atoms with E-state index in [2.05, 4.69) is 43.2 Å². The normalized spacial score (nSPS) is 23.6. The quantitative estimate of drug-likeness (QED) is 0.719. The van der Waals surface area contributed by atoms with Crippen molar-refractivity contribution in [3.8, 4) is 0 Å². The van der Waals surface area contributed by atoms with Crippen molar-refractivity contribution >= 4 is 0 Å². The fourth-order valence-corrected chi connectivity index (χ4v) is 2.38. The topological polar surface area (TPSA) is 44.5 Å². The number of piperazine rings is 1. The lowest BCUT2D eigenvalue weighted by atomic mass is 9.91. The van der Waals surface area contributed by atoms with Gasteiger partial charge in [-0.1, -0.05) is 13.8 Å². The lowest BCUT2D eigenvalue weighted by molar-refractivity contribution is 0.0533. The number of likely N-dealkylation sites (N-methyl/N-ethyl adjacent to an activating group) is 1. The zero-order chi connectivity index (χ0) is 12.2. The molecule has 1 atom stereocenters. The molecule has 1 heterocycles. The SMILES string of the molecule is CC(C)CC(C)(CN)NN1CCN(C)CC1. The Balaban J connectivity index is 2.43. The van der Waals surface area contributed by atoms with Crippen LogP contribution in [0.2, 0.25) is 0 Å². The van der Waals surface area contributed by atoms with Crippen molar-refractivity contribution in [1.29, 1.82) is 0 Å². The molecule has 16 heavy (non-hydrogen) atoms. The lowest BCUT2D eigenvalue weighted by Crippen LogP contribution is -2.61. The van der Waals surface area contributed by atoms with Crippen LogP contribution >= 0.6 is 0 Å². The Morgan fingerprint density at radius 3 is 2.25 bits per heavy atom. The molecule has 0 radical (unpaired) electrons. The first-order chi connectivity index (χ1) is 7.45. The van der Waals surface area contributed by atoms with E-state index in [-0.39, 0.29) is 5.54 Å². The highest BCUT2D eigenvalue weighted by Gasteiger charge is 2.27. The molecule has 0 spiro atoms. The maximum absolute atomic E-state index is 5.90. The molecule has 1 unspecified atom stereocenters. The second-order valence-electron chi connectivity index (χ2n) is 5.76. The van der Waals surface area contributed by atoms with Crippen LogP contribution in [0.3, 0.4) is 0 Å². The maximum Gasteiger partial charge on any atom is 0.0422 e. The number of hydrogen-bond donors (Lipinski definition) is 2. The van der Waals surface area contributed by atoms with Gasteiger partial charge in [-0.25, -0.2) is 10.4 Å². The molecule has 1 aliphatic rings. The van der Waals surface area contributed by atoms with Crippen LogP contribution in [0.25, 0.3) is 0 Å². The van der Waals surface area contributed by atoms with Gasteiger partial charge in [-0.15, -0.1) is 0 Å². The van der Waals surface area contributed by atoms with E-state index in [1.807, 2.05) is 0 Å². The first-order valence-electron chi connectivity index (χ1n) is 6.36. The van der Waals surface area contributed by atoms with E-state index in [4.69, 9.17) is 5.73 Å². The molecule has 1 aliphatic heterocycles. The van der Waals surface area contributed by atoms with Crippen molar-refractivity contribution in [3.05, 3.63) is 0 Å². The second kappa shape index (κ2) is 5.96. The van der Waals surface area contributed by atoms with Crippen molar-refractivity contribution < 1.29 is 0 Å². The summed E-state index contributed by atoms with van der Waals surface area (Å²) in [6.07, 6.45) is 1.12. The summed E-state index contributed by atoms with van der Waals surface area (Å²) in [6, 6.07) is 0. The Morgan fingerprint density at radius 1 is 1.25 bits per heavy atom. The lowest BCUT2D eigenvalue weighted by Gasteiger charge is -2.40. The summed E-state index contributed by atoms with van der Waals surface area (Å²) in [5, 5.41) is 2.33. The monoisotopic (exact) mass is 228 g/mol. The van der Waals surface area contributed by atoms with Gasteiger partial charge in [0, 0.05) is 38.3 Å². The second-order valence-corrected chi connectivity index (χ2v) is 5.76. The van der Waals surface area contributed by atoms with Gasteiger partial charge in [0.15, 0.2) is 0 Å². The van der Waals surface area contributed by atoms with Crippen LogP contribution < -0.4 is 11.2 Å². The van der Waals surface area contributed by atoms with Gasteiger partial charge in [0.25, 0.3) is 0 Å². The molecule has 0 amide bonds. The smallest absolute Gasteiger partial charge is 0.0422 e. The van der Waals surface area contributed by atoms with Crippen LogP contribution in [0.1, 0.15) is 27.2 Å². The van der Waals surface area contributed by atoms with Gasteiger partial charge in [0.1, 0.15) is 0 Å². The van der Waals surface area contributed by atoms with Crippen molar-refractivity contribution in [3.63, 3.8) is 0 Å². The van der Waals surface area contributed by atoms with Crippen LogP contribution in [-0.4, -0.2) is 55.2 Å². The summed E-state index contributed by atoms with van der Waals surface area (Å²) < 4.78 is 0. The zero-order valence-corrected chi connectivity index (χ0v) is 11.3. The minimum absolute atomic E-state index is 0.0457. The number of nitrogens with one attached hydrogen (secondary N) is 1. The summed E-state index contributed by atoms with van der Waals surface area (Å²) in [6.45, 7) is 11.9. The third kappa shape index (κ3) is 4.37. The molecule has 4 heteroatoms. The number of nitrogens with zero attached hydrogens (tertiary/aromatic N) is 2. The van der Waals surface area contributed by atoms with Gasteiger partial charge in [-0.3, -0.25) is 0 Å². The molecule has 96 valence electrons. The Hall–Kier alpha value is -0.160. The van der Waals surface area contributed by atoms with E-state index in [1.165, 1.54) is 0 Å². The fourth-order valence-electron chi connectivity index (χ4n) is 2.38. The molecule has 0 bridgehead atoms. The van der Waals surface area contributed by atoms with Gasteiger partial charge >= 0.3 is 0 Å². The van der Waals surface area contributed by atoms with E-state index in [0.717, 1.165) is 32.6 Å². The van der Waals surface area contributed by atoms with Crippen molar-refractivity contribution in [2.75, 3.05) is 39.8 Å². The molecule has 1 saturated heterocycles. The summed E-state index contributed by atoms with van der Waals surface area (Å²) in [7, 11) is 2.17. The molecular formula is C12H28N4. The first kappa shape index (κ1) is 13.9. The van der Waals surface area contributed by atoms with E-state index in [9.17, 15) is 0 Å². The molecule has 0 aromatic carbocycles. The summed E-state index contributed by atoms with van der Waals surface area (Å²) in [5.74, 6) is 0.675. The standard InChI is InChI=1S/C12H28N4/c1-11(2)9-12(3,10-13)14-16-7-5-15(4)6-8-16/h11,14H,5-10,13H2,1-4H3. The van der Waals surface area contributed by atoms with Crippen LogP contribution in [0, 0.1) is 5.92 Å². The molecule has 0 aromatic rings. The Labute approximate surface area is 100 Å². The third-order valence-corrected chi connectivity index (χ3v) is 3.24. The van der Waals surface area contributed by atoms with Gasteiger partial charge in [0.05, 0.1) is 0 Å². The maximum atomic E-state index is 5.90. The van der Waals surface area contributed by atoms with Gasteiger partial charge in [-0.05, 0) is 26.3 Å². The minimum atomic E-state index is 0.0457. The highest BCUT2D eigenvalue weighted by Crippen LogP contribution is 2.16. The molecule has 1 fully saturated rings. The van der Waals surface area contributed by atoms with Crippen molar-refractivity contribution in [1.82, 2.24) is 15.3 Å². The van der Waals surface area contributed by atoms with Crippen molar-refractivity contribution in [2.24, 2.45) is 11.7 Å². The van der Waals surface area contributed by atoms with Crippen molar-refractivity contribution in [2.45, 2.75) is 32.7 Å². The van der Waals surface area contributed by atoms with E-state index in [0.29, 0.717) is 12.5 Å². The van der Waals surface area contributed by atoms with Crippen LogP contribution in [0.4, 0.5) is 0 Å². The van der Waals surface area contributed by atoms with E-state index >= 15 is 0 Å². The number of hydrogen-bond acceptors (Lipinski definition) is 4.